The van der Waals surface area contributed by atoms with Crippen LogP contribution in [0.4, 0.5) is 0 Å². The van der Waals surface area contributed by atoms with Crippen LogP contribution in [-0.4, -0.2) is 55.3 Å². The quantitative estimate of drug-likeness (QED) is 0.367. The number of hydrogen-bond acceptors (Lipinski definition) is 4. The van der Waals surface area contributed by atoms with Crippen LogP contribution in [0.3, 0.4) is 0 Å². The molecule has 0 unspecified atom stereocenters. The van der Waals surface area contributed by atoms with E-state index in [1.165, 1.54) is 0 Å². The van der Waals surface area contributed by atoms with Crippen LogP contribution in [0, 0.1) is 0 Å². The van der Waals surface area contributed by atoms with Gasteiger partial charge in [-0.2, -0.15) is 0 Å². The van der Waals surface area contributed by atoms with Crippen molar-refractivity contribution in [3.05, 3.63) is 0 Å². The molecule has 0 rings (SSSR count). The van der Waals surface area contributed by atoms with Gasteiger partial charge in [-0.1, -0.05) is 0 Å². The first-order valence-electron chi connectivity index (χ1n) is 1.07. The van der Waals surface area contributed by atoms with E-state index in [0.29, 0.717) is 0 Å². The Bertz CT molecular complexity index is 132. The molecule has 0 saturated heterocycles. The van der Waals surface area contributed by atoms with Gasteiger partial charge in [0, 0.05) is 10.4 Å². The second kappa shape index (κ2) is 9.61. The molecule has 0 heterocycles. The molecule has 0 bridgehead atoms. The van der Waals surface area contributed by atoms with Crippen LogP contribution < -0.4 is 0 Å². The summed E-state index contributed by atoms with van der Waals surface area (Å²) in [6.45, 7) is 0. The third-order valence-corrected chi connectivity index (χ3v) is 0. The molecule has 0 atom stereocenters. The fourth-order valence-electron chi connectivity index (χ4n) is 0. The maximum atomic E-state index is 8.52. The Labute approximate surface area is 105 Å². The molecular weight excluding hydrogens is 298 g/mol. The molecule has 61 valence electrons. The summed E-state index contributed by atoms with van der Waals surface area (Å²) in [4.78, 5) is 0. The zero-order chi connectivity index (χ0) is 8.08. The van der Waals surface area contributed by atoms with E-state index >= 15 is 0 Å². The van der Waals surface area contributed by atoms with Gasteiger partial charge >= 0.3 is 79.2 Å². The standard InChI is InChI=1S/Ca.3ClH.Fe.H2O4S/c;;;;;1-5(2,3)4/h;3*1H;;(H2,1,2,3,4)/q+2;;;;+3;/p-5. The molecule has 10 heteroatoms. The molecule has 0 aromatic heterocycles. The van der Waals surface area contributed by atoms with Gasteiger partial charge in [0.25, 0.3) is 0 Å². The zero-order valence-corrected chi connectivity index (χ0v) is 10.6. The number of halogens is 3. The van der Waals surface area contributed by atoms with Gasteiger partial charge in [0.05, 0.1) is 0 Å². The summed E-state index contributed by atoms with van der Waals surface area (Å²) in [6.07, 6.45) is 0. The molecule has 0 aromatic rings. The minimum absolute atomic E-state index is 0. The number of hydrogen-bond donors (Lipinski definition) is 0. The van der Waals surface area contributed by atoms with Crippen molar-refractivity contribution < 1.29 is 28.7 Å². The van der Waals surface area contributed by atoms with Gasteiger partial charge in [-0.25, -0.2) is 0 Å². The molecular formula is CaCl3FeO4S. The molecule has 0 aromatic carbocycles. The first-order valence-corrected chi connectivity index (χ1v) is 6.96. The second-order valence-corrected chi connectivity index (χ2v) is 6.85. The van der Waals surface area contributed by atoms with E-state index < -0.39 is 21.6 Å². The van der Waals surface area contributed by atoms with Crippen molar-refractivity contribution in [3.8, 4) is 0 Å². The second-order valence-electron chi connectivity index (χ2n) is 0.560. The summed E-state index contributed by atoms with van der Waals surface area (Å²) >= 11 is -1.33. The molecule has 0 amide bonds. The van der Waals surface area contributed by atoms with Crippen LogP contribution in [0.5, 0.6) is 0 Å². The van der Waals surface area contributed by atoms with Crippen LogP contribution in [0.2, 0.25) is 0 Å². The van der Waals surface area contributed by atoms with Gasteiger partial charge in [0.2, 0.25) is 0 Å². The Kier molecular flexibility index (Phi) is 17.6. The Balaban J connectivity index is -0.0000000910. The van der Waals surface area contributed by atoms with Gasteiger partial charge < -0.3 is 9.11 Å². The Morgan fingerprint density at radius 1 is 1.10 bits per heavy atom. The van der Waals surface area contributed by atoms with Crippen LogP contribution in [0.25, 0.3) is 0 Å². The summed E-state index contributed by atoms with van der Waals surface area (Å²) in [5, 5.41) is 0. The van der Waals surface area contributed by atoms with E-state index in [2.05, 4.69) is 0 Å². The molecule has 0 aliphatic heterocycles. The first-order chi connectivity index (χ1) is 3.73. The van der Waals surface area contributed by atoms with Crippen LogP contribution in [0.15, 0.2) is 0 Å². The van der Waals surface area contributed by atoms with Crippen molar-refractivity contribution in [2.75, 3.05) is 0 Å². The predicted molar refractivity (Wildman–Crippen MR) is 33.8 cm³/mol. The van der Waals surface area contributed by atoms with Crippen molar-refractivity contribution in [1.29, 1.82) is 0 Å². The van der Waals surface area contributed by atoms with E-state index in [-0.39, 0.29) is 37.7 Å². The topological polar surface area (TPSA) is 80.3 Å². The van der Waals surface area contributed by atoms with E-state index in [1.54, 1.807) is 0 Å². The minimum atomic E-state index is -5.17. The molecule has 0 N–H and O–H groups in total. The third-order valence-electron chi connectivity index (χ3n) is 0. The van der Waals surface area contributed by atoms with Gasteiger partial charge in [-0.15, -0.1) is 0 Å². The van der Waals surface area contributed by atoms with E-state index in [9.17, 15) is 0 Å². The average Bonchev–Trinajstić information content (AvgIpc) is 1.19. The number of rotatable bonds is 0. The van der Waals surface area contributed by atoms with Crippen molar-refractivity contribution in [3.63, 3.8) is 0 Å². The van der Waals surface area contributed by atoms with Gasteiger partial charge in [-0.05, 0) is 0 Å². The van der Waals surface area contributed by atoms with Crippen molar-refractivity contribution in [1.82, 2.24) is 0 Å². The van der Waals surface area contributed by atoms with E-state index in [4.69, 9.17) is 47.8 Å². The predicted octanol–water partition coefficient (Wildman–Crippen LogP) is 0.347. The Hall–Kier alpha value is 2.52. The van der Waals surface area contributed by atoms with Crippen LogP contribution in [0.1, 0.15) is 0 Å². The van der Waals surface area contributed by atoms with Gasteiger partial charge in [-0.3, -0.25) is 8.42 Å². The Morgan fingerprint density at radius 3 is 1.10 bits per heavy atom. The summed E-state index contributed by atoms with van der Waals surface area (Å²) in [7, 11) is 9.50. The van der Waals surface area contributed by atoms with E-state index in [1.807, 2.05) is 0 Å². The SMILES string of the molecule is O=S(=O)([O-])[O-].[Ca+2].[Cl][Fe]([Cl])[Cl]. The van der Waals surface area contributed by atoms with Crippen LogP contribution in [-0.2, 0) is 21.6 Å². The monoisotopic (exact) mass is 297 g/mol. The molecule has 0 aliphatic rings. The average molecular weight is 298 g/mol. The summed E-state index contributed by atoms with van der Waals surface area (Å²) in [5.41, 5.74) is 0. The van der Waals surface area contributed by atoms with Crippen molar-refractivity contribution >= 4 is 78.4 Å². The zero-order valence-electron chi connectivity index (χ0n) is 4.24. The molecule has 0 aliphatic carbocycles. The summed E-state index contributed by atoms with van der Waals surface area (Å²) in [6, 6.07) is 0. The first kappa shape index (κ1) is 18.3. The third kappa shape index (κ3) is 150. The fourth-order valence-corrected chi connectivity index (χ4v) is 0. The molecule has 0 spiro atoms. The molecule has 4 nitrogen and oxygen atoms in total. The van der Waals surface area contributed by atoms with Gasteiger partial charge in [0.15, 0.2) is 0 Å². The van der Waals surface area contributed by atoms with Crippen LogP contribution >= 0.6 is 30.3 Å². The Morgan fingerprint density at radius 2 is 1.10 bits per heavy atom. The molecule has 0 radical (unpaired) electrons. The van der Waals surface area contributed by atoms with Crippen molar-refractivity contribution in [2.45, 2.75) is 0 Å². The molecule has 10 heavy (non-hydrogen) atoms. The summed E-state index contributed by atoms with van der Waals surface area (Å²) in [5.74, 6) is 0. The van der Waals surface area contributed by atoms with Crippen molar-refractivity contribution in [2.24, 2.45) is 0 Å². The normalized spacial score (nSPS) is 10.3. The summed E-state index contributed by atoms with van der Waals surface area (Å²) < 4.78 is 34.1. The van der Waals surface area contributed by atoms with E-state index in [0.717, 1.165) is 0 Å². The maximum absolute atomic E-state index is 8.52. The molecule has 0 saturated carbocycles. The molecule has 0 fully saturated rings. The van der Waals surface area contributed by atoms with Gasteiger partial charge in [0.1, 0.15) is 0 Å². The fraction of sp³-hybridized carbons (Fsp3) is 0.